The number of rotatable bonds is 6. The van der Waals surface area contributed by atoms with Crippen molar-refractivity contribution < 1.29 is 17.6 Å². The lowest BCUT2D eigenvalue weighted by atomic mass is 10.2. The van der Waals surface area contributed by atoms with Crippen molar-refractivity contribution in [2.75, 3.05) is 0 Å². The fourth-order valence-corrected chi connectivity index (χ4v) is 3.55. The van der Waals surface area contributed by atoms with Gasteiger partial charge in [0, 0.05) is 0 Å². The second-order valence-electron chi connectivity index (χ2n) is 5.37. The molecule has 0 aliphatic heterocycles. The molecule has 0 fully saturated rings. The van der Waals surface area contributed by atoms with Gasteiger partial charge in [-0.15, -0.1) is 5.10 Å². The Morgan fingerprint density at radius 3 is 2.46 bits per heavy atom. The summed E-state index contributed by atoms with van der Waals surface area (Å²) in [4.78, 5) is 12.1. The lowest BCUT2D eigenvalue weighted by Crippen LogP contribution is -2.23. The van der Waals surface area contributed by atoms with Crippen molar-refractivity contribution in [3.05, 3.63) is 76.6 Å². The van der Waals surface area contributed by atoms with E-state index in [1.54, 1.807) is 54.6 Å². The Balaban J connectivity index is 1.66. The summed E-state index contributed by atoms with van der Waals surface area (Å²) in [6.07, 6.45) is 0. The number of sulfone groups is 1. The number of benzene rings is 2. The minimum atomic E-state index is -3.76. The third kappa shape index (κ3) is 4.27. The maximum atomic E-state index is 12.3. The Morgan fingerprint density at radius 2 is 1.73 bits per heavy atom. The molecule has 3 rings (SSSR count). The van der Waals surface area contributed by atoms with Gasteiger partial charge in [-0.3, -0.25) is 4.79 Å². The highest BCUT2D eigenvalue weighted by Crippen LogP contribution is 2.16. The van der Waals surface area contributed by atoms with E-state index >= 15 is 0 Å². The molecule has 134 valence electrons. The zero-order valence-electron chi connectivity index (χ0n) is 13.4. The van der Waals surface area contributed by atoms with Crippen molar-refractivity contribution in [2.45, 2.75) is 17.5 Å². The van der Waals surface area contributed by atoms with Gasteiger partial charge in [-0.25, -0.2) is 8.42 Å². The SMILES string of the molecule is O=C(NCc1nnc(S(=O)(=O)Cc2ccccc2)o1)c1ccccc1Cl. The second-order valence-corrected chi connectivity index (χ2v) is 7.64. The van der Waals surface area contributed by atoms with Gasteiger partial charge >= 0.3 is 5.22 Å². The molecule has 0 saturated heterocycles. The molecule has 26 heavy (non-hydrogen) atoms. The first-order chi connectivity index (χ1) is 12.5. The molecular formula is C17H14ClN3O4S. The number of nitrogens with one attached hydrogen (secondary N) is 1. The Morgan fingerprint density at radius 1 is 1.04 bits per heavy atom. The maximum absolute atomic E-state index is 12.3. The van der Waals surface area contributed by atoms with Crippen LogP contribution in [0.25, 0.3) is 0 Å². The average Bonchev–Trinajstić information content (AvgIpc) is 3.11. The van der Waals surface area contributed by atoms with Gasteiger partial charge in [0.1, 0.15) is 0 Å². The number of hydrogen-bond donors (Lipinski definition) is 1. The smallest absolute Gasteiger partial charge is 0.335 e. The van der Waals surface area contributed by atoms with Crippen molar-refractivity contribution in [3.63, 3.8) is 0 Å². The summed E-state index contributed by atoms with van der Waals surface area (Å²) in [6.45, 7) is -0.113. The number of carbonyl (C=O) groups excluding carboxylic acids is 1. The molecule has 3 aromatic rings. The molecule has 9 heteroatoms. The van der Waals surface area contributed by atoms with Crippen LogP contribution < -0.4 is 5.32 Å². The normalized spacial score (nSPS) is 11.3. The van der Waals surface area contributed by atoms with Gasteiger partial charge in [-0.05, 0) is 17.7 Å². The standard InChI is InChI=1S/C17H14ClN3O4S/c18-14-9-5-4-8-13(14)16(22)19-10-15-20-21-17(25-15)26(23,24)11-12-6-2-1-3-7-12/h1-9H,10-11H2,(H,19,22). The maximum Gasteiger partial charge on any atom is 0.335 e. The van der Waals surface area contributed by atoms with E-state index in [1.165, 1.54) is 0 Å². The van der Waals surface area contributed by atoms with Gasteiger partial charge < -0.3 is 9.73 Å². The van der Waals surface area contributed by atoms with Crippen molar-refractivity contribution in [1.82, 2.24) is 15.5 Å². The van der Waals surface area contributed by atoms with Gasteiger partial charge in [0.05, 0.1) is 22.9 Å². The molecule has 0 radical (unpaired) electrons. The monoisotopic (exact) mass is 391 g/mol. The number of aromatic nitrogens is 2. The molecule has 0 atom stereocenters. The van der Waals surface area contributed by atoms with Crippen LogP contribution in [0.4, 0.5) is 0 Å². The van der Waals surface area contributed by atoms with E-state index in [2.05, 4.69) is 15.5 Å². The summed E-state index contributed by atoms with van der Waals surface area (Å²) in [5, 5.41) is 9.62. The van der Waals surface area contributed by atoms with Crippen molar-refractivity contribution in [1.29, 1.82) is 0 Å². The molecule has 0 unspecified atom stereocenters. The van der Waals surface area contributed by atoms with Crippen LogP contribution in [-0.2, 0) is 22.1 Å². The fraction of sp³-hybridized carbons (Fsp3) is 0.118. The molecule has 0 saturated carbocycles. The number of amides is 1. The molecule has 0 aliphatic carbocycles. The van der Waals surface area contributed by atoms with E-state index in [0.29, 0.717) is 16.1 Å². The van der Waals surface area contributed by atoms with E-state index in [9.17, 15) is 13.2 Å². The zero-order chi connectivity index (χ0) is 18.6. The average molecular weight is 392 g/mol. The molecule has 1 N–H and O–H groups in total. The van der Waals surface area contributed by atoms with E-state index in [4.69, 9.17) is 16.0 Å². The highest BCUT2D eigenvalue weighted by atomic mass is 35.5. The highest BCUT2D eigenvalue weighted by molar-refractivity contribution is 7.90. The molecule has 1 aromatic heterocycles. The first-order valence-corrected chi connectivity index (χ1v) is 9.60. The summed E-state index contributed by atoms with van der Waals surface area (Å²) in [6, 6.07) is 15.2. The largest absolute Gasteiger partial charge is 0.411 e. The Bertz CT molecular complexity index is 1020. The molecule has 1 heterocycles. The van der Waals surface area contributed by atoms with E-state index in [-0.39, 0.29) is 18.2 Å². The lowest BCUT2D eigenvalue weighted by molar-refractivity contribution is 0.0947. The van der Waals surface area contributed by atoms with Gasteiger partial charge in [0.15, 0.2) is 0 Å². The van der Waals surface area contributed by atoms with Gasteiger partial charge in [-0.2, -0.15) is 0 Å². The van der Waals surface area contributed by atoms with Crippen LogP contribution in [0, 0.1) is 0 Å². The topological polar surface area (TPSA) is 102 Å². The molecule has 7 nitrogen and oxygen atoms in total. The van der Waals surface area contributed by atoms with Crippen LogP contribution >= 0.6 is 11.6 Å². The van der Waals surface area contributed by atoms with Crippen LogP contribution in [0.3, 0.4) is 0 Å². The van der Waals surface area contributed by atoms with Crippen LogP contribution in [0.5, 0.6) is 0 Å². The van der Waals surface area contributed by atoms with Crippen molar-refractivity contribution in [3.8, 4) is 0 Å². The molecule has 0 spiro atoms. The molecular weight excluding hydrogens is 378 g/mol. The minimum Gasteiger partial charge on any atom is -0.411 e. The Kier molecular flexibility index (Phi) is 5.34. The van der Waals surface area contributed by atoms with Gasteiger partial charge in [0.25, 0.3) is 5.91 Å². The zero-order valence-corrected chi connectivity index (χ0v) is 15.0. The quantitative estimate of drug-likeness (QED) is 0.693. The number of halogens is 1. The predicted molar refractivity (Wildman–Crippen MR) is 94.3 cm³/mol. The summed E-state index contributed by atoms with van der Waals surface area (Å²) in [5.41, 5.74) is 0.907. The fourth-order valence-electron chi connectivity index (χ4n) is 2.19. The predicted octanol–water partition coefficient (Wildman–Crippen LogP) is 2.63. The lowest BCUT2D eigenvalue weighted by Gasteiger charge is -2.04. The van der Waals surface area contributed by atoms with Crippen molar-refractivity contribution in [2.24, 2.45) is 0 Å². The van der Waals surface area contributed by atoms with Crippen LogP contribution in [0.15, 0.2) is 64.2 Å². The Hall–Kier alpha value is -2.71. The van der Waals surface area contributed by atoms with Crippen LogP contribution in [0.2, 0.25) is 5.02 Å². The molecule has 0 aliphatic rings. The number of hydrogen-bond acceptors (Lipinski definition) is 6. The van der Waals surface area contributed by atoms with Crippen LogP contribution in [0.1, 0.15) is 21.8 Å². The summed E-state index contributed by atoms with van der Waals surface area (Å²) in [5.74, 6) is -0.693. The first kappa shape index (κ1) is 18.1. The number of nitrogens with zero attached hydrogens (tertiary/aromatic N) is 2. The molecule has 1 amide bonds. The van der Waals surface area contributed by atoms with E-state index < -0.39 is 21.0 Å². The summed E-state index contributed by atoms with van der Waals surface area (Å²) < 4.78 is 29.8. The molecule has 2 aromatic carbocycles. The van der Waals surface area contributed by atoms with E-state index in [0.717, 1.165) is 0 Å². The molecule has 0 bridgehead atoms. The third-order valence-corrected chi connectivity index (χ3v) is 5.17. The van der Waals surface area contributed by atoms with Gasteiger partial charge in [-0.1, -0.05) is 59.2 Å². The first-order valence-electron chi connectivity index (χ1n) is 7.57. The highest BCUT2D eigenvalue weighted by Gasteiger charge is 2.23. The van der Waals surface area contributed by atoms with Gasteiger partial charge in [0.2, 0.25) is 15.7 Å². The third-order valence-electron chi connectivity index (χ3n) is 3.43. The minimum absolute atomic E-state index is 0.0166. The summed E-state index contributed by atoms with van der Waals surface area (Å²) in [7, 11) is -3.76. The number of carbonyl (C=O) groups is 1. The summed E-state index contributed by atoms with van der Waals surface area (Å²) >= 11 is 5.95. The van der Waals surface area contributed by atoms with Crippen LogP contribution in [-0.4, -0.2) is 24.5 Å². The van der Waals surface area contributed by atoms with Crippen molar-refractivity contribution >= 4 is 27.3 Å². The second kappa shape index (κ2) is 7.67. The Labute approximate surface area is 154 Å². The van der Waals surface area contributed by atoms with E-state index in [1.807, 2.05) is 0 Å².